The Balaban J connectivity index is 1.83. The maximum absolute atomic E-state index is 11.6. The first-order chi connectivity index (χ1) is 8.02. The number of hydrogen-bond donors (Lipinski definition) is 0. The highest BCUT2D eigenvalue weighted by atomic mass is 16.8. The normalized spacial score (nSPS) is 44.4. The number of fused-ring (bicyclic) bond motifs is 1. The summed E-state index contributed by atoms with van der Waals surface area (Å²) in [6.07, 6.45) is 0.564. The van der Waals surface area contributed by atoms with Crippen LogP contribution in [0.1, 0.15) is 19.8 Å². The first kappa shape index (κ1) is 11.1. The standard InChI is InChI=1S/C11H15NO5/c1-10-7(17-10)5-16-11(10,15-2)6-12-8(13)3-4-9(12)14/h7H,3-6H2,1-2H3/t7-,10-,11+/m0/s1. The van der Waals surface area contributed by atoms with Crippen molar-refractivity contribution in [2.45, 2.75) is 37.3 Å². The summed E-state index contributed by atoms with van der Waals surface area (Å²) in [4.78, 5) is 24.4. The van der Waals surface area contributed by atoms with Crippen LogP contribution in [0.3, 0.4) is 0 Å². The van der Waals surface area contributed by atoms with Gasteiger partial charge >= 0.3 is 0 Å². The van der Waals surface area contributed by atoms with Crippen molar-refractivity contribution in [3.05, 3.63) is 0 Å². The molecule has 0 aromatic carbocycles. The van der Waals surface area contributed by atoms with Crippen molar-refractivity contribution in [1.29, 1.82) is 0 Å². The maximum Gasteiger partial charge on any atom is 0.229 e. The molecule has 3 fully saturated rings. The van der Waals surface area contributed by atoms with Crippen LogP contribution < -0.4 is 0 Å². The van der Waals surface area contributed by atoms with Crippen LogP contribution in [0.5, 0.6) is 0 Å². The molecule has 0 aliphatic carbocycles. The minimum atomic E-state index is -1.01. The SMILES string of the molecule is CO[C@]1(CN2C(=O)CCC2=O)OC[C@@H]2O[C@@]21C. The van der Waals surface area contributed by atoms with Gasteiger partial charge in [-0.15, -0.1) is 0 Å². The highest BCUT2D eigenvalue weighted by Gasteiger charge is 2.73. The summed E-state index contributed by atoms with van der Waals surface area (Å²) in [5, 5.41) is 0. The molecular formula is C11H15NO5. The molecule has 3 heterocycles. The van der Waals surface area contributed by atoms with Crippen LogP contribution in [0.15, 0.2) is 0 Å². The lowest BCUT2D eigenvalue weighted by Gasteiger charge is -2.35. The van der Waals surface area contributed by atoms with E-state index in [0.29, 0.717) is 6.61 Å². The summed E-state index contributed by atoms with van der Waals surface area (Å²) in [7, 11) is 1.51. The second-order valence-electron chi connectivity index (χ2n) is 4.86. The quantitative estimate of drug-likeness (QED) is 0.499. The second-order valence-corrected chi connectivity index (χ2v) is 4.86. The van der Waals surface area contributed by atoms with E-state index in [9.17, 15) is 9.59 Å². The van der Waals surface area contributed by atoms with E-state index < -0.39 is 11.4 Å². The lowest BCUT2D eigenvalue weighted by Crippen LogP contribution is -2.54. The first-order valence-electron chi connectivity index (χ1n) is 5.72. The van der Waals surface area contributed by atoms with Gasteiger partial charge in [0.25, 0.3) is 0 Å². The Morgan fingerprint density at radius 3 is 2.47 bits per heavy atom. The van der Waals surface area contributed by atoms with E-state index in [1.165, 1.54) is 12.0 Å². The molecule has 0 aromatic heterocycles. The second kappa shape index (κ2) is 3.28. The van der Waals surface area contributed by atoms with Gasteiger partial charge in [0.1, 0.15) is 11.7 Å². The van der Waals surface area contributed by atoms with Crippen LogP contribution in [0.25, 0.3) is 0 Å². The van der Waals surface area contributed by atoms with Gasteiger partial charge in [-0.05, 0) is 6.92 Å². The van der Waals surface area contributed by atoms with E-state index in [-0.39, 0.29) is 37.3 Å². The summed E-state index contributed by atoms with van der Waals surface area (Å²) < 4.78 is 16.6. The summed E-state index contributed by atoms with van der Waals surface area (Å²) in [6, 6.07) is 0. The van der Waals surface area contributed by atoms with Gasteiger partial charge in [0, 0.05) is 20.0 Å². The number of carbonyl (C=O) groups is 2. The third-order valence-corrected chi connectivity index (χ3v) is 4.02. The third-order valence-electron chi connectivity index (χ3n) is 4.02. The van der Waals surface area contributed by atoms with Crippen molar-refractivity contribution in [2.24, 2.45) is 0 Å². The average Bonchev–Trinajstić information content (AvgIpc) is 2.79. The molecule has 3 aliphatic heterocycles. The zero-order valence-corrected chi connectivity index (χ0v) is 9.89. The van der Waals surface area contributed by atoms with Crippen LogP contribution >= 0.6 is 0 Å². The van der Waals surface area contributed by atoms with Crippen molar-refractivity contribution in [3.63, 3.8) is 0 Å². The molecule has 3 aliphatic rings. The molecule has 94 valence electrons. The predicted octanol–water partition coefficient (Wildman–Crippen LogP) is -0.334. The summed E-state index contributed by atoms with van der Waals surface area (Å²) in [6.45, 7) is 2.45. The van der Waals surface area contributed by atoms with Crippen LogP contribution in [0.4, 0.5) is 0 Å². The van der Waals surface area contributed by atoms with Crippen molar-refractivity contribution in [1.82, 2.24) is 4.90 Å². The van der Waals surface area contributed by atoms with Crippen molar-refractivity contribution >= 4 is 11.8 Å². The van der Waals surface area contributed by atoms with Gasteiger partial charge in [-0.25, -0.2) is 0 Å². The number of nitrogens with zero attached hydrogens (tertiary/aromatic N) is 1. The molecule has 0 spiro atoms. The number of epoxide rings is 1. The largest absolute Gasteiger partial charge is 0.358 e. The minimum absolute atomic E-state index is 0.00950. The van der Waals surface area contributed by atoms with Crippen LogP contribution in [0, 0.1) is 0 Å². The van der Waals surface area contributed by atoms with Crippen LogP contribution in [-0.2, 0) is 23.8 Å². The van der Waals surface area contributed by atoms with Crippen molar-refractivity contribution < 1.29 is 23.8 Å². The van der Waals surface area contributed by atoms with Gasteiger partial charge < -0.3 is 14.2 Å². The Bertz CT molecular complexity index is 379. The molecule has 6 nitrogen and oxygen atoms in total. The number of carbonyl (C=O) groups excluding carboxylic acids is 2. The van der Waals surface area contributed by atoms with Crippen molar-refractivity contribution in [3.8, 4) is 0 Å². The number of amides is 2. The van der Waals surface area contributed by atoms with Gasteiger partial charge in [-0.2, -0.15) is 0 Å². The smallest absolute Gasteiger partial charge is 0.229 e. The molecule has 2 amide bonds. The van der Waals surface area contributed by atoms with E-state index in [1.807, 2.05) is 6.92 Å². The highest BCUT2D eigenvalue weighted by Crippen LogP contribution is 2.53. The Kier molecular flexibility index (Phi) is 2.14. The molecule has 0 bridgehead atoms. The molecular weight excluding hydrogens is 226 g/mol. The number of methoxy groups -OCH3 is 1. The summed E-state index contributed by atoms with van der Waals surface area (Å²) in [5.74, 6) is -1.33. The zero-order valence-electron chi connectivity index (χ0n) is 9.89. The number of rotatable bonds is 3. The Morgan fingerprint density at radius 2 is 2.06 bits per heavy atom. The lowest BCUT2D eigenvalue weighted by atomic mass is 9.99. The van der Waals surface area contributed by atoms with E-state index >= 15 is 0 Å². The number of hydrogen-bond acceptors (Lipinski definition) is 5. The molecule has 0 aromatic rings. The molecule has 0 radical (unpaired) electrons. The fraction of sp³-hybridized carbons (Fsp3) is 0.818. The molecule has 3 atom stereocenters. The Morgan fingerprint density at radius 1 is 1.41 bits per heavy atom. The summed E-state index contributed by atoms with van der Waals surface area (Å²) in [5.41, 5.74) is -0.537. The predicted molar refractivity (Wildman–Crippen MR) is 54.9 cm³/mol. The van der Waals surface area contributed by atoms with Gasteiger partial charge in [-0.1, -0.05) is 0 Å². The number of ether oxygens (including phenoxy) is 3. The third kappa shape index (κ3) is 1.31. The molecule has 17 heavy (non-hydrogen) atoms. The fourth-order valence-electron chi connectivity index (χ4n) is 2.68. The molecule has 0 saturated carbocycles. The zero-order chi connectivity index (χ0) is 12.3. The lowest BCUT2D eigenvalue weighted by molar-refractivity contribution is -0.251. The van der Waals surface area contributed by atoms with E-state index in [4.69, 9.17) is 14.2 Å². The molecule has 3 rings (SSSR count). The van der Waals surface area contributed by atoms with Gasteiger partial charge in [0.2, 0.25) is 17.6 Å². The average molecular weight is 241 g/mol. The minimum Gasteiger partial charge on any atom is -0.358 e. The van der Waals surface area contributed by atoms with Crippen LogP contribution in [-0.4, -0.2) is 54.5 Å². The summed E-state index contributed by atoms with van der Waals surface area (Å²) >= 11 is 0. The van der Waals surface area contributed by atoms with E-state index in [2.05, 4.69) is 0 Å². The number of likely N-dealkylation sites (tertiary alicyclic amines) is 1. The van der Waals surface area contributed by atoms with Gasteiger partial charge in [-0.3, -0.25) is 14.5 Å². The first-order valence-corrected chi connectivity index (χ1v) is 5.72. The Hall–Kier alpha value is -0.980. The fourth-order valence-corrected chi connectivity index (χ4v) is 2.68. The van der Waals surface area contributed by atoms with E-state index in [0.717, 1.165) is 0 Å². The van der Waals surface area contributed by atoms with E-state index in [1.54, 1.807) is 0 Å². The van der Waals surface area contributed by atoms with Gasteiger partial charge in [0.15, 0.2) is 0 Å². The molecule has 6 heteroatoms. The molecule has 0 N–H and O–H groups in total. The monoisotopic (exact) mass is 241 g/mol. The highest BCUT2D eigenvalue weighted by molar-refractivity contribution is 6.02. The van der Waals surface area contributed by atoms with Crippen molar-refractivity contribution in [2.75, 3.05) is 20.3 Å². The van der Waals surface area contributed by atoms with Crippen LogP contribution in [0.2, 0.25) is 0 Å². The molecule has 0 unspecified atom stereocenters. The topological polar surface area (TPSA) is 68.4 Å². The maximum atomic E-state index is 11.6. The van der Waals surface area contributed by atoms with Gasteiger partial charge in [0.05, 0.1) is 13.2 Å². The number of imide groups is 1. The Labute approximate surface area is 98.8 Å². The molecule has 3 saturated heterocycles.